The summed E-state index contributed by atoms with van der Waals surface area (Å²) in [6.07, 6.45) is 1.48. The molecule has 3 rings (SSSR count). The second kappa shape index (κ2) is 7.24. The van der Waals surface area contributed by atoms with Gasteiger partial charge in [-0.2, -0.15) is 0 Å². The normalized spacial score (nSPS) is 10.4. The third-order valence-corrected chi connectivity index (χ3v) is 3.22. The van der Waals surface area contributed by atoms with Crippen molar-refractivity contribution >= 4 is 22.8 Å². The third-order valence-electron chi connectivity index (χ3n) is 3.22. The standard InChI is InChI=1S/C15H15N3O3.BrH/c19-8-7-16-15-17-11-4-1-2-5-12(11)18(15)10-13(20)14-6-3-9-21-14;/h1-6,9,19H,7-8,10H2,(H,16,17);1H. The highest BCUT2D eigenvalue weighted by atomic mass is 79.9. The Balaban J connectivity index is 0.00000176. The second-order valence-electron chi connectivity index (χ2n) is 4.63. The number of carbonyl (C=O) groups is 1. The topological polar surface area (TPSA) is 82.1 Å². The molecule has 0 aliphatic carbocycles. The minimum Gasteiger partial charge on any atom is -1.00 e. The number of aromatic nitrogens is 2. The largest absolute Gasteiger partial charge is 1.00 e. The first-order valence-electron chi connectivity index (χ1n) is 6.71. The van der Waals surface area contributed by atoms with Crippen molar-refractivity contribution in [1.82, 2.24) is 4.98 Å². The van der Waals surface area contributed by atoms with Crippen LogP contribution in [0.15, 0.2) is 47.1 Å². The van der Waals surface area contributed by atoms with Gasteiger partial charge >= 0.3 is 5.95 Å². The Morgan fingerprint density at radius 2 is 2.09 bits per heavy atom. The summed E-state index contributed by atoms with van der Waals surface area (Å²) in [5, 5.41) is 12.0. The highest BCUT2D eigenvalue weighted by Gasteiger charge is 2.21. The average Bonchev–Trinajstić information content (AvgIpc) is 3.14. The lowest BCUT2D eigenvalue weighted by Crippen LogP contribution is -3.00. The fourth-order valence-electron chi connectivity index (χ4n) is 2.27. The summed E-state index contributed by atoms with van der Waals surface area (Å²) in [4.78, 5) is 15.4. The first-order valence-corrected chi connectivity index (χ1v) is 6.71. The van der Waals surface area contributed by atoms with Gasteiger partial charge < -0.3 is 26.5 Å². The van der Waals surface area contributed by atoms with Crippen LogP contribution >= 0.6 is 0 Å². The summed E-state index contributed by atoms with van der Waals surface area (Å²) in [6, 6.07) is 11.1. The number of carbonyl (C=O) groups excluding carboxylic acids is 1. The lowest BCUT2D eigenvalue weighted by Gasteiger charge is -2.02. The number of H-pyrrole nitrogens is 1. The van der Waals surface area contributed by atoms with Crippen LogP contribution in [0.4, 0.5) is 5.95 Å². The summed E-state index contributed by atoms with van der Waals surface area (Å²) in [5.41, 5.74) is 1.84. The Bertz CT molecular complexity index is 753. The molecule has 3 aromatic rings. The number of imidazole rings is 1. The van der Waals surface area contributed by atoms with Gasteiger partial charge in [0.05, 0.1) is 19.4 Å². The van der Waals surface area contributed by atoms with E-state index in [-0.39, 0.29) is 35.9 Å². The molecule has 0 fully saturated rings. The number of Topliss-reactive ketones (excluding diaryl/α,β-unsaturated/α-hetero) is 1. The van der Waals surface area contributed by atoms with Gasteiger partial charge in [0.2, 0.25) is 5.78 Å². The first kappa shape index (κ1) is 16.3. The van der Waals surface area contributed by atoms with Gasteiger partial charge in [0, 0.05) is 0 Å². The van der Waals surface area contributed by atoms with Crippen molar-refractivity contribution in [2.24, 2.45) is 0 Å². The molecule has 7 heteroatoms. The van der Waals surface area contributed by atoms with E-state index in [9.17, 15) is 4.79 Å². The summed E-state index contributed by atoms with van der Waals surface area (Å²) in [6.45, 7) is 0.578. The zero-order valence-electron chi connectivity index (χ0n) is 11.8. The second-order valence-corrected chi connectivity index (χ2v) is 4.63. The van der Waals surface area contributed by atoms with E-state index in [1.54, 1.807) is 12.1 Å². The van der Waals surface area contributed by atoms with E-state index in [2.05, 4.69) is 10.3 Å². The van der Waals surface area contributed by atoms with Gasteiger partial charge in [-0.3, -0.25) is 10.1 Å². The van der Waals surface area contributed by atoms with E-state index in [0.29, 0.717) is 18.3 Å². The lowest BCUT2D eigenvalue weighted by molar-refractivity contribution is -0.642. The average molecular weight is 366 g/mol. The van der Waals surface area contributed by atoms with Gasteiger partial charge in [-0.15, -0.1) is 0 Å². The molecule has 116 valence electrons. The Kier molecular flexibility index (Phi) is 5.35. The summed E-state index contributed by atoms with van der Waals surface area (Å²) in [5.74, 6) is 0.910. The molecular formula is C15H16BrN3O3. The Labute approximate surface area is 137 Å². The fourth-order valence-corrected chi connectivity index (χ4v) is 2.27. The maximum atomic E-state index is 12.2. The number of ketones is 1. The summed E-state index contributed by atoms with van der Waals surface area (Å²) < 4.78 is 6.99. The minimum absolute atomic E-state index is 0. The molecule has 0 unspecified atom stereocenters. The number of rotatable bonds is 6. The van der Waals surface area contributed by atoms with Crippen LogP contribution in [-0.4, -0.2) is 29.0 Å². The summed E-state index contributed by atoms with van der Waals surface area (Å²) >= 11 is 0. The van der Waals surface area contributed by atoms with Crippen LogP contribution in [0.3, 0.4) is 0 Å². The number of halogens is 1. The van der Waals surface area contributed by atoms with Crippen molar-refractivity contribution in [1.29, 1.82) is 0 Å². The predicted molar refractivity (Wildman–Crippen MR) is 77.1 cm³/mol. The van der Waals surface area contributed by atoms with Crippen LogP contribution in [0.25, 0.3) is 11.0 Å². The molecule has 0 aliphatic heterocycles. The van der Waals surface area contributed by atoms with E-state index in [4.69, 9.17) is 9.52 Å². The van der Waals surface area contributed by atoms with Crippen LogP contribution in [0.5, 0.6) is 0 Å². The number of aromatic amines is 1. The van der Waals surface area contributed by atoms with E-state index in [1.165, 1.54) is 6.26 Å². The molecule has 0 atom stereocenters. The molecule has 22 heavy (non-hydrogen) atoms. The summed E-state index contributed by atoms with van der Waals surface area (Å²) in [7, 11) is 0. The van der Waals surface area contributed by atoms with Crippen molar-refractivity contribution in [2.75, 3.05) is 18.5 Å². The number of para-hydroxylation sites is 2. The number of anilines is 1. The van der Waals surface area contributed by atoms with Crippen LogP contribution in [0.2, 0.25) is 0 Å². The van der Waals surface area contributed by atoms with Crippen LogP contribution in [0, 0.1) is 0 Å². The van der Waals surface area contributed by atoms with Gasteiger partial charge in [0.15, 0.2) is 5.76 Å². The Morgan fingerprint density at radius 1 is 1.27 bits per heavy atom. The number of aliphatic hydroxyl groups excluding tert-OH is 1. The number of benzene rings is 1. The van der Waals surface area contributed by atoms with Crippen molar-refractivity contribution in [3.05, 3.63) is 48.4 Å². The molecule has 1 aromatic carbocycles. The highest BCUT2D eigenvalue weighted by molar-refractivity contribution is 5.92. The molecule has 0 radical (unpaired) electrons. The number of hydrogen-bond acceptors (Lipinski definition) is 4. The van der Waals surface area contributed by atoms with Crippen LogP contribution in [-0.2, 0) is 6.54 Å². The van der Waals surface area contributed by atoms with Crippen molar-refractivity contribution in [3.8, 4) is 0 Å². The number of furan rings is 1. The van der Waals surface area contributed by atoms with Crippen molar-refractivity contribution < 1.29 is 35.9 Å². The molecule has 0 aliphatic rings. The van der Waals surface area contributed by atoms with Crippen LogP contribution < -0.4 is 26.9 Å². The fraction of sp³-hybridized carbons (Fsp3) is 0.200. The molecule has 0 saturated heterocycles. The Hall–Kier alpha value is -2.12. The molecule has 0 saturated carbocycles. The molecule has 0 bridgehead atoms. The maximum absolute atomic E-state index is 12.2. The SMILES string of the molecule is O=C(C[n+]1c(NCCO)[nH]c2ccccc21)c1ccco1.[Br-]. The zero-order valence-corrected chi connectivity index (χ0v) is 13.3. The van der Waals surface area contributed by atoms with Gasteiger partial charge in [-0.1, -0.05) is 12.1 Å². The predicted octanol–water partition coefficient (Wildman–Crippen LogP) is -1.66. The molecule has 0 amide bonds. The van der Waals surface area contributed by atoms with Gasteiger partial charge in [-0.05, 0) is 24.3 Å². The third kappa shape index (κ3) is 3.20. The van der Waals surface area contributed by atoms with E-state index in [1.807, 2.05) is 28.8 Å². The van der Waals surface area contributed by atoms with Gasteiger partial charge in [0.25, 0.3) is 0 Å². The van der Waals surface area contributed by atoms with Gasteiger partial charge in [-0.25, -0.2) is 9.55 Å². The molecular weight excluding hydrogens is 350 g/mol. The van der Waals surface area contributed by atoms with Gasteiger partial charge in [0.1, 0.15) is 17.6 Å². The van der Waals surface area contributed by atoms with E-state index < -0.39 is 0 Å². The number of hydrogen-bond donors (Lipinski definition) is 3. The quantitative estimate of drug-likeness (QED) is 0.360. The zero-order chi connectivity index (χ0) is 14.7. The van der Waals surface area contributed by atoms with E-state index in [0.717, 1.165) is 11.0 Å². The number of fused-ring (bicyclic) bond motifs is 1. The molecule has 6 nitrogen and oxygen atoms in total. The smallest absolute Gasteiger partial charge is 0.356 e. The first-order chi connectivity index (χ1) is 10.3. The van der Waals surface area contributed by atoms with Crippen molar-refractivity contribution in [2.45, 2.75) is 6.54 Å². The molecule has 2 aromatic heterocycles. The number of aliphatic hydroxyl groups is 1. The molecule has 3 N–H and O–H groups in total. The van der Waals surface area contributed by atoms with Crippen LogP contribution in [0.1, 0.15) is 10.6 Å². The maximum Gasteiger partial charge on any atom is 0.356 e. The highest BCUT2D eigenvalue weighted by Crippen LogP contribution is 2.12. The van der Waals surface area contributed by atoms with Crippen molar-refractivity contribution in [3.63, 3.8) is 0 Å². The minimum atomic E-state index is -0.109. The monoisotopic (exact) mass is 365 g/mol. The molecule has 0 spiro atoms. The molecule has 2 heterocycles. The number of nitrogens with one attached hydrogen (secondary N) is 2. The van der Waals surface area contributed by atoms with E-state index >= 15 is 0 Å². The lowest BCUT2D eigenvalue weighted by atomic mass is 10.3. The number of nitrogens with zero attached hydrogens (tertiary/aromatic N) is 1. The Morgan fingerprint density at radius 3 is 2.82 bits per heavy atom.